The minimum Gasteiger partial charge on any atom is -0.459 e. The predicted octanol–water partition coefficient (Wildman–Crippen LogP) is 4.93. The zero-order valence-electron chi connectivity index (χ0n) is 12.0. The number of benzene rings is 1. The maximum Gasteiger partial charge on any atom is 0.264 e. The van der Waals surface area contributed by atoms with Crippen molar-refractivity contribution < 1.29 is 9.21 Å². The van der Waals surface area contributed by atoms with Crippen LogP contribution in [0.4, 0.5) is 0 Å². The van der Waals surface area contributed by atoms with Crippen molar-refractivity contribution in [3.63, 3.8) is 0 Å². The van der Waals surface area contributed by atoms with Crippen molar-refractivity contribution in [2.45, 2.75) is 6.54 Å². The van der Waals surface area contributed by atoms with Gasteiger partial charge in [-0.05, 0) is 47.8 Å². The Kier molecular flexibility index (Phi) is 4.32. The van der Waals surface area contributed by atoms with Gasteiger partial charge < -0.3 is 9.32 Å². The second kappa shape index (κ2) is 6.38. The van der Waals surface area contributed by atoms with Crippen molar-refractivity contribution in [1.82, 2.24) is 4.90 Å². The topological polar surface area (TPSA) is 33.5 Å². The van der Waals surface area contributed by atoms with Gasteiger partial charge in [0.05, 0.1) is 11.4 Å². The van der Waals surface area contributed by atoms with Gasteiger partial charge in [-0.1, -0.05) is 17.7 Å². The summed E-state index contributed by atoms with van der Waals surface area (Å²) in [5, 5.41) is 2.59. The Morgan fingerprint density at radius 3 is 2.64 bits per heavy atom. The number of hydrogen-bond acceptors (Lipinski definition) is 3. The van der Waals surface area contributed by atoms with Gasteiger partial charge in [-0.25, -0.2) is 0 Å². The Morgan fingerprint density at radius 2 is 1.95 bits per heavy atom. The van der Waals surface area contributed by atoms with Gasteiger partial charge in [0, 0.05) is 17.6 Å². The molecule has 112 valence electrons. The van der Waals surface area contributed by atoms with E-state index in [4.69, 9.17) is 16.0 Å². The lowest BCUT2D eigenvalue weighted by Crippen LogP contribution is -2.25. The molecule has 1 amide bonds. The van der Waals surface area contributed by atoms with Crippen molar-refractivity contribution in [2.75, 3.05) is 7.05 Å². The molecule has 0 N–H and O–H groups in total. The van der Waals surface area contributed by atoms with Crippen molar-refractivity contribution in [2.24, 2.45) is 0 Å². The van der Waals surface area contributed by atoms with Crippen LogP contribution in [0.1, 0.15) is 15.4 Å². The molecule has 0 aliphatic rings. The van der Waals surface area contributed by atoms with Crippen molar-refractivity contribution in [3.8, 4) is 11.3 Å². The van der Waals surface area contributed by atoms with E-state index in [-0.39, 0.29) is 5.91 Å². The highest BCUT2D eigenvalue weighted by molar-refractivity contribution is 7.12. The SMILES string of the molecule is CN(Cc1ccc(-c2ccc(Cl)cc2)o1)C(=O)c1cccs1. The molecule has 0 aliphatic heterocycles. The third kappa shape index (κ3) is 3.24. The van der Waals surface area contributed by atoms with Crippen LogP contribution in [0.5, 0.6) is 0 Å². The van der Waals surface area contributed by atoms with E-state index >= 15 is 0 Å². The van der Waals surface area contributed by atoms with E-state index in [1.54, 1.807) is 11.9 Å². The molecule has 0 saturated carbocycles. The Morgan fingerprint density at radius 1 is 1.18 bits per heavy atom. The first kappa shape index (κ1) is 14.9. The second-order valence-corrected chi connectivity index (χ2v) is 6.30. The van der Waals surface area contributed by atoms with Crippen LogP contribution in [0.25, 0.3) is 11.3 Å². The van der Waals surface area contributed by atoms with Crippen LogP contribution in [-0.2, 0) is 6.54 Å². The lowest BCUT2D eigenvalue weighted by molar-refractivity contribution is 0.0780. The molecule has 1 aromatic carbocycles. The molecule has 0 unspecified atom stereocenters. The van der Waals surface area contributed by atoms with E-state index < -0.39 is 0 Å². The van der Waals surface area contributed by atoms with Crippen molar-refractivity contribution in [1.29, 1.82) is 0 Å². The van der Waals surface area contributed by atoms with Gasteiger partial charge >= 0.3 is 0 Å². The highest BCUT2D eigenvalue weighted by Gasteiger charge is 2.14. The Balaban J connectivity index is 1.71. The van der Waals surface area contributed by atoms with Gasteiger partial charge in [0.1, 0.15) is 11.5 Å². The summed E-state index contributed by atoms with van der Waals surface area (Å²) >= 11 is 7.32. The summed E-state index contributed by atoms with van der Waals surface area (Å²) in [4.78, 5) is 14.6. The van der Waals surface area contributed by atoms with E-state index in [1.165, 1.54) is 11.3 Å². The van der Waals surface area contributed by atoms with Crippen LogP contribution in [0.2, 0.25) is 5.02 Å². The summed E-state index contributed by atoms with van der Waals surface area (Å²) in [6, 6.07) is 15.0. The lowest BCUT2D eigenvalue weighted by Gasteiger charge is -2.14. The molecular weight excluding hydrogens is 318 g/mol. The van der Waals surface area contributed by atoms with Crippen LogP contribution in [0.3, 0.4) is 0 Å². The average Bonchev–Trinajstić information content (AvgIpc) is 3.18. The quantitative estimate of drug-likeness (QED) is 0.679. The highest BCUT2D eigenvalue weighted by atomic mass is 35.5. The number of halogens is 1. The smallest absolute Gasteiger partial charge is 0.264 e. The maximum atomic E-state index is 12.2. The summed E-state index contributed by atoms with van der Waals surface area (Å²) in [6.45, 7) is 0.435. The molecule has 0 radical (unpaired) electrons. The van der Waals surface area contributed by atoms with Crippen molar-refractivity contribution in [3.05, 3.63) is 69.6 Å². The largest absolute Gasteiger partial charge is 0.459 e. The zero-order chi connectivity index (χ0) is 15.5. The number of thiophene rings is 1. The van der Waals surface area contributed by atoms with Crippen LogP contribution in [0, 0.1) is 0 Å². The normalized spacial score (nSPS) is 10.6. The molecule has 3 nitrogen and oxygen atoms in total. The maximum absolute atomic E-state index is 12.2. The van der Waals surface area contributed by atoms with Crippen LogP contribution < -0.4 is 0 Å². The van der Waals surface area contributed by atoms with Gasteiger partial charge in [-0.15, -0.1) is 11.3 Å². The van der Waals surface area contributed by atoms with Gasteiger partial charge in [-0.2, -0.15) is 0 Å². The number of hydrogen-bond donors (Lipinski definition) is 0. The number of nitrogens with zero attached hydrogens (tertiary/aromatic N) is 1. The molecule has 2 heterocycles. The standard InChI is InChI=1S/C17H14ClNO2S/c1-19(17(20)16-3-2-10-22-16)11-14-8-9-15(21-14)12-4-6-13(18)7-5-12/h2-10H,11H2,1H3. The number of rotatable bonds is 4. The van der Waals surface area contributed by atoms with Gasteiger partial charge in [0.2, 0.25) is 0 Å². The zero-order valence-corrected chi connectivity index (χ0v) is 13.5. The minimum atomic E-state index is -0.000516. The lowest BCUT2D eigenvalue weighted by atomic mass is 10.2. The first-order chi connectivity index (χ1) is 10.6. The summed E-state index contributed by atoms with van der Waals surface area (Å²) in [5.74, 6) is 1.51. The Labute approximate surface area is 137 Å². The molecule has 0 saturated heterocycles. The number of furan rings is 1. The van der Waals surface area contributed by atoms with E-state index in [0.717, 1.165) is 22.0 Å². The second-order valence-electron chi connectivity index (χ2n) is 4.91. The number of carbonyl (C=O) groups excluding carboxylic acids is 1. The monoisotopic (exact) mass is 331 g/mol. The summed E-state index contributed by atoms with van der Waals surface area (Å²) in [7, 11) is 1.77. The minimum absolute atomic E-state index is 0.000516. The fourth-order valence-electron chi connectivity index (χ4n) is 2.13. The van der Waals surface area contributed by atoms with Crippen molar-refractivity contribution >= 4 is 28.8 Å². The molecular formula is C17H14ClNO2S. The first-order valence-electron chi connectivity index (χ1n) is 6.77. The molecule has 3 aromatic rings. The fourth-order valence-corrected chi connectivity index (χ4v) is 2.97. The highest BCUT2D eigenvalue weighted by Crippen LogP contribution is 2.24. The molecule has 0 bridgehead atoms. The molecule has 0 aliphatic carbocycles. The average molecular weight is 332 g/mol. The van der Waals surface area contributed by atoms with Gasteiger partial charge in [-0.3, -0.25) is 4.79 Å². The molecule has 0 atom stereocenters. The summed E-state index contributed by atoms with van der Waals surface area (Å²) in [6.07, 6.45) is 0. The summed E-state index contributed by atoms with van der Waals surface area (Å²) < 4.78 is 5.81. The van der Waals surface area contributed by atoms with Gasteiger partial charge in [0.15, 0.2) is 0 Å². The van der Waals surface area contributed by atoms with E-state index in [2.05, 4.69) is 0 Å². The predicted molar refractivity (Wildman–Crippen MR) is 89.3 cm³/mol. The molecule has 2 aromatic heterocycles. The fraction of sp³-hybridized carbons (Fsp3) is 0.118. The van der Waals surface area contributed by atoms with Crippen LogP contribution in [0.15, 0.2) is 58.3 Å². The molecule has 0 fully saturated rings. The first-order valence-corrected chi connectivity index (χ1v) is 8.03. The Hall–Kier alpha value is -2.04. The third-order valence-corrected chi connectivity index (χ3v) is 4.37. The Bertz CT molecular complexity index is 762. The molecule has 3 rings (SSSR count). The third-order valence-electron chi connectivity index (χ3n) is 3.26. The molecule has 5 heteroatoms. The van der Waals surface area contributed by atoms with Crippen LogP contribution in [-0.4, -0.2) is 17.9 Å². The van der Waals surface area contributed by atoms with E-state index in [0.29, 0.717) is 11.6 Å². The van der Waals surface area contributed by atoms with E-state index in [1.807, 2.05) is 53.9 Å². The molecule has 0 spiro atoms. The van der Waals surface area contributed by atoms with Crippen LogP contribution >= 0.6 is 22.9 Å². The van der Waals surface area contributed by atoms with E-state index in [9.17, 15) is 4.79 Å². The summed E-state index contributed by atoms with van der Waals surface area (Å²) in [5.41, 5.74) is 0.961. The number of amides is 1. The molecule has 22 heavy (non-hydrogen) atoms. The van der Waals surface area contributed by atoms with Gasteiger partial charge in [0.25, 0.3) is 5.91 Å². The number of carbonyl (C=O) groups is 1.